The summed E-state index contributed by atoms with van der Waals surface area (Å²) in [6.07, 6.45) is 0. The van der Waals surface area contributed by atoms with E-state index < -0.39 is 15.6 Å². The molecule has 142 valence electrons. The number of benzene rings is 2. The van der Waals surface area contributed by atoms with E-state index in [9.17, 15) is 18.6 Å². The molecule has 0 saturated carbocycles. The topological polar surface area (TPSA) is 89.9 Å². The van der Waals surface area contributed by atoms with Gasteiger partial charge in [-0.05, 0) is 24.6 Å². The summed E-state index contributed by atoms with van der Waals surface area (Å²) in [5.74, 6) is 0. The highest BCUT2D eigenvalue weighted by Crippen LogP contribution is 2.28. The molecule has 0 radical (unpaired) electrons. The monoisotopic (exact) mass is 378 g/mol. The van der Waals surface area contributed by atoms with Crippen LogP contribution >= 0.6 is 0 Å². The lowest BCUT2D eigenvalue weighted by Crippen LogP contribution is -2.53. The minimum absolute atomic E-state index is 0.0894. The van der Waals surface area contributed by atoms with Gasteiger partial charge in [0.05, 0.1) is 23.6 Å². The molecule has 6 nitrogen and oxygen atoms in total. The van der Waals surface area contributed by atoms with E-state index in [0.717, 1.165) is 5.56 Å². The molecule has 0 aliphatic rings. The number of rotatable bonds is 10. The van der Waals surface area contributed by atoms with Gasteiger partial charge in [0, 0.05) is 19.6 Å². The van der Waals surface area contributed by atoms with Crippen molar-refractivity contribution in [1.82, 2.24) is 9.62 Å². The van der Waals surface area contributed by atoms with E-state index in [1.807, 2.05) is 42.2 Å². The minimum Gasteiger partial charge on any atom is -0.395 e. The Bertz CT molecular complexity index is 763. The average Bonchev–Trinajstić information content (AvgIpc) is 2.67. The quantitative estimate of drug-likeness (QED) is 0.577. The van der Waals surface area contributed by atoms with Gasteiger partial charge in [0.2, 0.25) is 10.0 Å². The molecule has 1 atom stereocenters. The Balaban J connectivity index is 2.32. The zero-order chi connectivity index (χ0) is 19.0. The zero-order valence-corrected chi connectivity index (χ0v) is 15.7. The van der Waals surface area contributed by atoms with Crippen LogP contribution in [0.2, 0.25) is 0 Å². The third-order valence-corrected chi connectivity index (χ3v) is 5.91. The van der Waals surface area contributed by atoms with E-state index in [2.05, 4.69) is 4.72 Å². The van der Waals surface area contributed by atoms with Crippen molar-refractivity contribution in [3.05, 3.63) is 66.2 Å². The molecule has 0 aromatic heterocycles. The number of aliphatic hydroxyl groups is 2. The first-order valence-corrected chi connectivity index (χ1v) is 9.99. The van der Waals surface area contributed by atoms with E-state index >= 15 is 0 Å². The lowest BCUT2D eigenvalue weighted by Gasteiger charge is -2.41. The first kappa shape index (κ1) is 20.5. The maximum absolute atomic E-state index is 12.6. The number of nitrogens with one attached hydrogen (secondary N) is 1. The second-order valence-electron chi connectivity index (χ2n) is 6.21. The Morgan fingerprint density at radius 2 is 1.42 bits per heavy atom. The number of sulfonamides is 1. The lowest BCUT2D eigenvalue weighted by molar-refractivity contribution is 0.0622. The molecule has 3 N–H and O–H groups in total. The van der Waals surface area contributed by atoms with Gasteiger partial charge in [-0.3, -0.25) is 4.90 Å². The number of hydrogen-bond donors (Lipinski definition) is 3. The maximum Gasteiger partial charge on any atom is 0.240 e. The van der Waals surface area contributed by atoms with Crippen molar-refractivity contribution in [2.24, 2.45) is 0 Å². The summed E-state index contributed by atoms with van der Waals surface area (Å²) < 4.78 is 27.9. The summed E-state index contributed by atoms with van der Waals surface area (Å²) in [7, 11) is -3.67. The molecule has 26 heavy (non-hydrogen) atoms. The predicted octanol–water partition coefficient (Wildman–Crippen LogP) is 1.17. The third-order valence-electron chi connectivity index (χ3n) is 4.49. The molecule has 2 rings (SSSR count). The van der Waals surface area contributed by atoms with E-state index in [1.165, 1.54) is 0 Å². The molecule has 0 bridgehead atoms. The summed E-state index contributed by atoms with van der Waals surface area (Å²) in [4.78, 5) is 2.09. The van der Waals surface area contributed by atoms with E-state index in [-0.39, 0.29) is 24.7 Å². The van der Waals surface area contributed by atoms with Gasteiger partial charge in [0.1, 0.15) is 0 Å². The van der Waals surface area contributed by atoms with Crippen LogP contribution in [0.4, 0.5) is 0 Å². The Labute approximate surface area is 155 Å². The summed E-state index contributed by atoms with van der Waals surface area (Å²) >= 11 is 0. The summed E-state index contributed by atoms with van der Waals surface area (Å²) in [6.45, 7) is 2.47. The normalized spacial score (nSPS) is 14.3. The van der Waals surface area contributed by atoms with E-state index in [4.69, 9.17) is 0 Å². The van der Waals surface area contributed by atoms with Gasteiger partial charge in [-0.15, -0.1) is 0 Å². The maximum atomic E-state index is 12.6. The first-order chi connectivity index (χ1) is 12.4. The molecule has 0 aliphatic heterocycles. The van der Waals surface area contributed by atoms with Crippen molar-refractivity contribution < 1.29 is 18.6 Å². The van der Waals surface area contributed by atoms with Crippen molar-refractivity contribution >= 4 is 10.0 Å². The fourth-order valence-electron chi connectivity index (χ4n) is 2.96. The largest absolute Gasteiger partial charge is 0.395 e. The summed E-state index contributed by atoms with van der Waals surface area (Å²) in [6, 6.07) is 17.7. The average molecular weight is 378 g/mol. The molecule has 0 heterocycles. The molecular formula is C19H26N2O4S. The van der Waals surface area contributed by atoms with Crippen molar-refractivity contribution in [3.8, 4) is 0 Å². The van der Waals surface area contributed by atoms with Gasteiger partial charge < -0.3 is 10.2 Å². The Morgan fingerprint density at radius 1 is 0.923 bits per heavy atom. The fraction of sp³-hybridized carbons (Fsp3) is 0.368. The van der Waals surface area contributed by atoms with Gasteiger partial charge in [0.15, 0.2) is 0 Å². The zero-order valence-electron chi connectivity index (χ0n) is 14.9. The van der Waals surface area contributed by atoms with Crippen LogP contribution in [-0.4, -0.2) is 56.4 Å². The third kappa shape index (κ3) is 4.90. The van der Waals surface area contributed by atoms with Crippen LogP contribution in [-0.2, 0) is 15.6 Å². The highest BCUT2D eigenvalue weighted by molar-refractivity contribution is 7.89. The molecule has 0 spiro atoms. The molecule has 7 heteroatoms. The van der Waals surface area contributed by atoms with Gasteiger partial charge >= 0.3 is 0 Å². The van der Waals surface area contributed by atoms with Crippen molar-refractivity contribution in [2.75, 3.05) is 32.8 Å². The summed E-state index contributed by atoms with van der Waals surface area (Å²) in [5, 5.41) is 18.8. The van der Waals surface area contributed by atoms with Crippen LogP contribution < -0.4 is 4.72 Å². The molecular weight excluding hydrogens is 352 g/mol. The molecule has 2 aromatic carbocycles. The number of hydrogen-bond acceptors (Lipinski definition) is 5. The van der Waals surface area contributed by atoms with Crippen LogP contribution in [0.25, 0.3) is 0 Å². The molecule has 0 aliphatic carbocycles. The van der Waals surface area contributed by atoms with Crippen molar-refractivity contribution in [1.29, 1.82) is 0 Å². The SMILES string of the molecule is CC(CNS(=O)(=O)c1ccccc1)(c1ccccc1)N(CCO)CCO. The van der Waals surface area contributed by atoms with Gasteiger partial charge in [-0.25, -0.2) is 13.1 Å². The Hall–Kier alpha value is -1.77. The Morgan fingerprint density at radius 3 is 1.92 bits per heavy atom. The predicted molar refractivity (Wildman–Crippen MR) is 101 cm³/mol. The van der Waals surface area contributed by atoms with Crippen LogP contribution in [0.3, 0.4) is 0 Å². The van der Waals surface area contributed by atoms with Crippen LogP contribution in [0.1, 0.15) is 12.5 Å². The van der Waals surface area contributed by atoms with Crippen LogP contribution in [0.5, 0.6) is 0 Å². The molecule has 1 unspecified atom stereocenters. The van der Waals surface area contributed by atoms with E-state index in [0.29, 0.717) is 13.1 Å². The minimum atomic E-state index is -3.67. The first-order valence-electron chi connectivity index (χ1n) is 8.51. The lowest BCUT2D eigenvalue weighted by atomic mass is 9.90. The number of aliphatic hydroxyl groups excluding tert-OH is 2. The Kier molecular flexibility index (Phi) is 7.31. The molecule has 0 fully saturated rings. The fourth-order valence-corrected chi connectivity index (χ4v) is 4.11. The van der Waals surface area contributed by atoms with Gasteiger partial charge in [0.25, 0.3) is 0 Å². The van der Waals surface area contributed by atoms with Gasteiger partial charge in [-0.1, -0.05) is 48.5 Å². The highest BCUT2D eigenvalue weighted by atomic mass is 32.2. The van der Waals surface area contributed by atoms with Crippen LogP contribution in [0.15, 0.2) is 65.6 Å². The summed E-state index contributed by atoms with van der Waals surface area (Å²) in [5.41, 5.74) is 0.173. The van der Waals surface area contributed by atoms with E-state index in [1.54, 1.807) is 30.3 Å². The van der Waals surface area contributed by atoms with Gasteiger partial charge in [-0.2, -0.15) is 0 Å². The standard InChI is InChI=1S/C19H26N2O4S/c1-19(17-8-4-2-5-9-17,21(12-14-22)13-15-23)16-20-26(24,25)18-10-6-3-7-11-18/h2-11,20,22-23H,12-16H2,1H3. The molecule has 2 aromatic rings. The van der Waals surface area contributed by atoms with Crippen molar-refractivity contribution in [2.45, 2.75) is 17.4 Å². The van der Waals surface area contributed by atoms with Crippen molar-refractivity contribution in [3.63, 3.8) is 0 Å². The van der Waals surface area contributed by atoms with Crippen LogP contribution in [0, 0.1) is 0 Å². The number of nitrogens with zero attached hydrogens (tertiary/aromatic N) is 1. The highest BCUT2D eigenvalue weighted by Gasteiger charge is 2.34. The molecule has 0 amide bonds. The molecule has 0 saturated heterocycles. The smallest absolute Gasteiger partial charge is 0.240 e. The second-order valence-corrected chi connectivity index (χ2v) is 7.98. The second kappa shape index (κ2) is 9.25.